The van der Waals surface area contributed by atoms with Gasteiger partial charge in [-0.2, -0.15) is 4.98 Å². The maximum Gasteiger partial charge on any atom is 0.242 e. The van der Waals surface area contributed by atoms with Crippen molar-refractivity contribution in [3.8, 4) is 5.88 Å². The minimum Gasteiger partial charge on any atom is -0.479 e. The summed E-state index contributed by atoms with van der Waals surface area (Å²) < 4.78 is 5.05. The number of ether oxygens (including phenoxy) is 1. The average molecular weight is 280 g/mol. The normalized spacial score (nSPS) is 20.4. The maximum atomic E-state index is 10.6. The Labute approximate surface area is 119 Å². The molecular formula is C14H24N4O2. The van der Waals surface area contributed by atoms with Crippen LogP contribution >= 0.6 is 0 Å². The molecule has 0 aliphatic heterocycles. The van der Waals surface area contributed by atoms with Crippen LogP contribution in [0.2, 0.25) is 0 Å². The number of nitrogens with one attached hydrogen (secondary N) is 1. The third kappa shape index (κ3) is 3.30. The van der Waals surface area contributed by atoms with E-state index in [0.29, 0.717) is 29.3 Å². The number of nitrogen functional groups attached to an aromatic ring is 1. The molecule has 1 aliphatic carbocycles. The Morgan fingerprint density at radius 2 is 1.95 bits per heavy atom. The Balaban J connectivity index is 1.99. The number of nitrogens with zero attached hydrogens (tertiary/aromatic N) is 2. The second-order valence-corrected chi connectivity index (χ2v) is 6.39. The van der Waals surface area contributed by atoms with Gasteiger partial charge < -0.3 is 20.9 Å². The Morgan fingerprint density at radius 1 is 1.30 bits per heavy atom. The van der Waals surface area contributed by atoms with Gasteiger partial charge in [0.25, 0.3) is 0 Å². The van der Waals surface area contributed by atoms with E-state index in [0.717, 1.165) is 25.7 Å². The summed E-state index contributed by atoms with van der Waals surface area (Å²) in [6.07, 6.45) is 5.01. The van der Waals surface area contributed by atoms with Crippen molar-refractivity contribution in [2.24, 2.45) is 5.41 Å². The van der Waals surface area contributed by atoms with Gasteiger partial charge in [0, 0.05) is 6.54 Å². The topological polar surface area (TPSA) is 93.3 Å². The first-order valence-corrected chi connectivity index (χ1v) is 6.96. The lowest BCUT2D eigenvalue weighted by Crippen LogP contribution is -2.42. The van der Waals surface area contributed by atoms with Crippen LogP contribution in [0, 0.1) is 5.41 Å². The van der Waals surface area contributed by atoms with Crippen LogP contribution in [0.15, 0.2) is 6.33 Å². The summed E-state index contributed by atoms with van der Waals surface area (Å²) in [5, 5.41) is 13.7. The third-order valence-corrected chi connectivity index (χ3v) is 4.16. The molecule has 112 valence electrons. The molecule has 0 aromatic carbocycles. The summed E-state index contributed by atoms with van der Waals surface area (Å²) >= 11 is 0. The van der Waals surface area contributed by atoms with E-state index < -0.39 is 5.60 Å². The van der Waals surface area contributed by atoms with Crippen LogP contribution < -0.4 is 15.8 Å². The molecule has 0 unspecified atom stereocenters. The van der Waals surface area contributed by atoms with Gasteiger partial charge in [-0.25, -0.2) is 4.98 Å². The minimum atomic E-state index is -0.694. The molecule has 6 nitrogen and oxygen atoms in total. The van der Waals surface area contributed by atoms with E-state index in [1.165, 1.54) is 13.4 Å². The number of hydrogen-bond donors (Lipinski definition) is 3. The average Bonchev–Trinajstić information content (AvgIpc) is 2.42. The first-order chi connectivity index (χ1) is 9.35. The van der Waals surface area contributed by atoms with Gasteiger partial charge in [-0.05, 0) is 31.1 Å². The van der Waals surface area contributed by atoms with Gasteiger partial charge in [0.1, 0.15) is 12.0 Å². The lowest BCUT2D eigenvalue weighted by molar-refractivity contribution is -0.0145. The quantitative estimate of drug-likeness (QED) is 0.779. The Morgan fingerprint density at radius 3 is 2.55 bits per heavy atom. The van der Waals surface area contributed by atoms with E-state index in [2.05, 4.69) is 29.1 Å². The van der Waals surface area contributed by atoms with Gasteiger partial charge in [0.2, 0.25) is 5.88 Å². The van der Waals surface area contributed by atoms with E-state index in [1.807, 2.05) is 0 Å². The van der Waals surface area contributed by atoms with Crippen molar-refractivity contribution in [3.63, 3.8) is 0 Å². The molecule has 6 heteroatoms. The Hall–Kier alpha value is -1.56. The number of hydrogen-bond acceptors (Lipinski definition) is 6. The molecule has 0 atom stereocenters. The highest BCUT2D eigenvalue weighted by Crippen LogP contribution is 2.40. The number of nitrogens with two attached hydrogens (primary N) is 1. The molecule has 0 saturated heterocycles. The highest BCUT2D eigenvalue weighted by atomic mass is 16.5. The molecule has 1 aromatic heterocycles. The number of aromatic nitrogens is 2. The molecule has 1 fully saturated rings. The van der Waals surface area contributed by atoms with Crippen LogP contribution in [0.1, 0.15) is 39.5 Å². The summed E-state index contributed by atoms with van der Waals surface area (Å²) in [7, 11) is 1.51. The maximum absolute atomic E-state index is 10.6. The zero-order valence-electron chi connectivity index (χ0n) is 12.4. The van der Waals surface area contributed by atoms with Crippen molar-refractivity contribution < 1.29 is 9.84 Å². The molecule has 20 heavy (non-hydrogen) atoms. The second kappa shape index (κ2) is 5.44. The van der Waals surface area contributed by atoms with Gasteiger partial charge in [-0.1, -0.05) is 13.8 Å². The summed E-state index contributed by atoms with van der Waals surface area (Å²) in [6.45, 7) is 4.92. The van der Waals surface area contributed by atoms with Crippen molar-refractivity contribution in [1.29, 1.82) is 0 Å². The summed E-state index contributed by atoms with van der Waals surface area (Å²) in [4.78, 5) is 8.02. The molecule has 1 aromatic rings. The van der Waals surface area contributed by atoms with Crippen LogP contribution in [0.5, 0.6) is 5.88 Å². The van der Waals surface area contributed by atoms with Crippen LogP contribution in [-0.4, -0.2) is 34.3 Å². The van der Waals surface area contributed by atoms with E-state index in [1.54, 1.807) is 0 Å². The number of anilines is 2. The second-order valence-electron chi connectivity index (χ2n) is 6.39. The molecule has 1 aliphatic rings. The van der Waals surface area contributed by atoms with Gasteiger partial charge in [-0.15, -0.1) is 0 Å². The molecule has 1 heterocycles. The van der Waals surface area contributed by atoms with E-state index in [-0.39, 0.29) is 0 Å². The first kappa shape index (κ1) is 14.8. The van der Waals surface area contributed by atoms with Gasteiger partial charge in [0.15, 0.2) is 5.82 Å². The summed E-state index contributed by atoms with van der Waals surface area (Å²) in [5.74, 6) is 0.856. The van der Waals surface area contributed by atoms with Crippen LogP contribution in [0.25, 0.3) is 0 Å². The fourth-order valence-electron chi connectivity index (χ4n) is 2.50. The van der Waals surface area contributed by atoms with Gasteiger partial charge >= 0.3 is 0 Å². The fourth-order valence-corrected chi connectivity index (χ4v) is 2.50. The smallest absolute Gasteiger partial charge is 0.242 e. The number of methoxy groups -OCH3 is 1. The van der Waals surface area contributed by atoms with Crippen LogP contribution in [0.4, 0.5) is 11.5 Å². The van der Waals surface area contributed by atoms with E-state index in [4.69, 9.17) is 10.5 Å². The predicted molar refractivity (Wildman–Crippen MR) is 78.7 cm³/mol. The third-order valence-electron chi connectivity index (χ3n) is 4.16. The standard InChI is InChI=1S/C14H24N4O2/c1-13(2)4-6-14(19,7-5-13)8-16-11-10(15)12(20-3)18-9-17-11/h9,19H,4-8,15H2,1-3H3,(H,16,17,18). The minimum absolute atomic E-state index is 0.323. The molecule has 2 rings (SSSR count). The van der Waals surface area contributed by atoms with Crippen LogP contribution in [0.3, 0.4) is 0 Å². The van der Waals surface area contributed by atoms with Crippen molar-refractivity contribution in [2.75, 3.05) is 24.7 Å². The van der Waals surface area contributed by atoms with E-state index >= 15 is 0 Å². The first-order valence-electron chi connectivity index (χ1n) is 6.96. The molecule has 1 saturated carbocycles. The molecule has 4 N–H and O–H groups in total. The van der Waals surface area contributed by atoms with Crippen molar-refractivity contribution in [2.45, 2.75) is 45.1 Å². The van der Waals surface area contributed by atoms with Gasteiger partial charge in [0.05, 0.1) is 12.7 Å². The summed E-state index contributed by atoms with van der Waals surface area (Å²) in [6, 6.07) is 0. The highest BCUT2D eigenvalue weighted by Gasteiger charge is 2.36. The van der Waals surface area contributed by atoms with Crippen molar-refractivity contribution >= 4 is 11.5 Å². The summed E-state index contributed by atoms with van der Waals surface area (Å²) in [5.41, 5.74) is 5.90. The zero-order valence-corrected chi connectivity index (χ0v) is 12.4. The largest absolute Gasteiger partial charge is 0.479 e. The highest BCUT2D eigenvalue weighted by molar-refractivity contribution is 5.66. The van der Waals surface area contributed by atoms with Crippen LogP contribution in [-0.2, 0) is 0 Å². The fraction of sp³-hybridized carbons (Fsp3) is 0.714. The number of rotatable bonds is 4. The van der Waals surface area contributed by atoms with E-state index in [9.17, 15) is 5.11 Å². The predicted octanol–water partition coefficient (Wildman–Crippen LogP) is 1.81. The molecule has 0 amide bonds. The van der Waals surface area contributed by atoms with Crippen molar-refractivity contribution in [1.82, 2.24) is 9.97 Å². The molecule has 0 radical (unpaired) electrons. The lowest BCUT2D eigenvalue weighted by Gasteiger charge is -2.40. The Kier molecular flexibility index (Phi) is 4.04. The molecular weight excluding hydrogens is 256 g/mol. The molecule has 0 bridgehead atoms. The monoisotopic (exact) mass is 280 g/mol. The Bertz CT molecular complexity index is 466. The molecule has 0 spiro atoms. The van der Waals surface area contributed by atoms with Crippen molar-refractivity contribution in [3.05, 3.63) is 6.33 Å². The SMILES string of the molecule is COc1ncnc(NCC2(O)CCC(C)(C)CC2)c1N. The zero-order chi connectivity index (χ0) is 14.8. The number of aliphatic hydroxyl groups is 1. The van der Waals surface area contributed by atoms with Gasteiger partial charge in [-0.3, -0.25) is 0 Å². The lowest BCUT2D eigenvalue weighted by atomic mass is 9.71.